The largest absolute Gasteiger partial charge is 0.478 e. The van der Waals surface area contributed by atoms with Crippen LogP contribution in [0.3, 0.4) is 0 Å². The number of rotatable bonds is 6. The van der Waals surface area contributed by atoms with E-state index in [1.54, 1.807) is 13.8 Å². The molecule has 7 nitrogen and oxygen atoms in total. The van der Waals surface area contributed by atoms with Crippen molar-refractivity contribution >= 4 is 17.9 Å². The Kier molecular flexibility index (Phi) is 7.53. The fraction of sp³-hybridized carbons (Fsp3) is 0.615. The molecule has 0 aromatic carbocycles. The number of hydrogen-bond donors (Lipinski definition) is 2. The van der Waals surface area contributed by atoms with Gasteiger partial charge in [-0.3, -0.25) is 10.1 Å². The minimum atomic E-state index is -1.19. The van der Waals surface area contributed by atoms with Crippen LogP contribution in [0, 0.1) is 0 Å². The fourth-order valence-corrected chi connectivity index (χ4v) is 1.58. The van der Waals surface area contributed by atoms with Gasteiger partial charge in [0.15, 0.2) is 0 Å². The number of imide groups is 1. The molecule has 0 aromatic heterocycles. The molecule has 0 bridgehead atoms. The van der Waals surface area contributed by atoms with Crippen molar-refractivity contribution in [1.29, 1.82) is 0 Å². The highest BCUT2D eigenvalue weighted by Gasteiger charge is 2.22. The van der Waals surface area contributed by atoms with E-state index in [1.807, 2.05) is 0 Å². The van der Waals surface area contributed by atoms with E-state index < -0.39 is 17.9 Å². The highest BCUT2D eigenvalue weighted by Crippen LogP contribution is 2.05. The zero-order valence-corrected chi connectivity index (χ0v) is 12.5. The molecule has 0 rings (SSSR count). The monoisotopic (exact) mass is 286 g/mol. The second kappa shape index (κ2) is 8.31. The summed E-state index contributed by atoms with van der Waals surface area (Å²) in [7, 11) is 1.52. The van der Waals surface area contributed by atoms with E-state index in [2.05, 4.69) is 5.32 Å². The second-order valence-electron chi connectivity index (χ2n) is 4.40. The Hall–Kier alpha value is -1.89. The molecule has 7 heteroatoms. The topological polar surface area (TPSA) is 95.9 Å². The third kappa shape index (κ3) is 5.00. The van der Waals surface area contributed by atoms with Gasteiger partial charge in [0.05, 0.1) is 12.6 Å². The Balaban J connectivity index is 4.86. The van der Waals surface area contributed by atoms with Crippen LogP contribution >= 0.6 is 0 Å². The zero-order chi connectivity index (χ0) is 15.9. The lowest BCUT2D eigenvalue weighted by atomic mass is 10.1. The lowest BCUT2D eigenvalue weighted by Crippen LogP contribution is -2.48. The Bertz CT molecular complexity index is 417. The van der Waals surface area contributed by atoms with E-state index in [4.69, 9.17) is 9.84 Å². The molecular formula is C13H22N2O5. The number of ether oxygens (including phenoxy) is 1. The molecule has 0 aromatic rings. The van der Waals surface area contributed by atoms with Crippen molar-refractivity contribution in [3.8, 4) is 0 Å². The number of nitrogens with one attached hydrogen (secondary N) is 1. The molecule has 0 spiro atoms. The van der Waals surface area contributed by atoms with Crippen LogP contribution in [-0.4, -0.2) is 54.2 Å². The van der Waals surface area contributed by atoms with Gasteiger partial charge in [0.2, 0.25) is 0 Å². The first-order valence-electron chi connectivity index (χ1n) is 6.27. The average Bonchev–Trinajstić information content (AvgIpc) is 2.37. The van der Waals surface area contributed by atoms with Crippen molar-refractivity contribution in [2.45, 2.75) is 33.7 Å². The van der Waals surface area contributed by atoms with Crippen molar-refractivity contribution in [1.82, 2.24) is 10.2 Å². The SMILES string of the molecule is CCN(C(=O)NC(=O)C(C)=C(C)C(=O)O)C(C)COC. The van der Waals surface area contributed by atoms with Gasteiger partial charge in [-0.15, -0.1) is 0 Å². The predicted molar refractivity (Wildman–Crippen MR) is 73.3 cm³/mol. The minimum Gasteiger partial charge on any atom is -0.478 e. The predicted octanol–water partition coefficient (Wildman–Crippen LogP) is 1.00. The summed E-state index contributed by atoms with van der Waals surface area (Å²) >= 11 is 0. The number of carbonyl (C=O) groups excluding carboxylic acids is 2. The molecule has 20 heavy (non-hydrogen) atoms. The maximum absolute atomic E-state index is 12.0. The number of amides is 3. The van der Waals surface area contributed by atoms with E-state index in [-0.39, 0.29) is 17.2 Å². The Morgan fingerprint density at radius 1 is 1.25 bits per heavy atom. The lowest BCUT2D eigenvalue weighted by Gasteiger charge is -2.27. The first-order valence-corrected chi connectivity index (χ1v) is 6.27. The Morgan fingerprint density at radius 3 is 2.20 bits per heavy atom. The number of carboxylic acids is 1. The van der Waals surface area contributed by atoms with Crippen LogP contribution in [0.4, 0.5) is 4.79 Å². The summed E-state index contributed by atoms with van der Waals surface area (Å²) in [5.74, 6) is -1.90. The molecule has 1 unspecified atom stereocenters. The van der Waals surface area contributed by atoms with Gasteiger partial charge in [-0.1, -0.05) is 0 Å². The number of carboxylic acid groups (broad SMARTS) is 1. The summed E-state index contributed by atoms with van der Waals surface area (Å²) in [4.78, 5) is 36.0. The highest BCUT2D eigenvalue weighted by atomic mass is 16.5. The van der Waals surface area contributed by atoms with Crippen LogP contribution < -0.4 is 5.32 Å². The number of hydrogen-bond acceptors (Lipinski definition) is 4. The molecule has 0 aliphatic rings. The van der Waals surface area contributed by atoms with Gasteiger partial charge in [0.1, 0.15) is 0 Å². The van der Waals surface area contributed by atoms with E-state index in [0.29, 0.717) is 13.2 Å². The number of carbonyl (C=O) groups is 3. The molecule has 0 radical (unpaired) electrons. The van der Waals surface area contributed by atoms with E-state index in [0.717, 1.165) is 0 Å². The van der Waals surface area contributed by atoms with Gasteiger partial charge in [-0.2, -0.15) is 0 Å². The minimum absolute atomic E-state index is 0.00120. The number of urea groups is 1. The van der Waals surface area contributed by atoms with Crippen LogP contribution in [0.2, 0.25) is 0 Å². The third-order valence-electron chi connectivity index (χ3n) is 2.99. The van der Waals surface area contributed by atoms with Crippen LogP contribution in [0.1, 0.15) is 27.7 Å². The number of nitrogens with zero attached hydrogens (tertiary/aromatic N) is 1. The molecular weight excluding hydrogens is 264 g/mol. The summed E-state index contributed by atoms with van der Waals surface area (Å²) in [6, 6.07) is -0.762. The third-order valence-corrected chi connectivity index (χ3v) is 2.99. The van der Waals surface area contributed by atoms with Crippen molar-refractivity contribution in [2.75, 3.05) is 20.3 Å². The summed E-state index contributed by atoms with van der Waals surface area (Å²) in [5, 5.41) is 11.0. The van der Waals surface area contributed by atoms with Crippen molar-refractivity contribution in [2.24, 2.45) is 0 Å². The normalized spacial score (nSPS) is 13.2. The summed E-state index contributed by atoms with van der Waals surface area (Å²) in [6.45, 7) is 7.00. The maximum atomic E-state index is 12.0. The quantitative estimate of drug-likeness (QED) is 0.710. The standard InChI is InChI=1S/C13H22N2O5/c1-6-15(8(2)7-20-5)13(19)14-11(16)9(3)10(4)12(17)18/h8H,6-7H2,1-5H3,(H,17,18)(H,14,16,19). The molecule has 0 aliphatic carbocycles. The first-order chi connectivity index (χ1) is 9.26. The maximum Gasteiger partial charge on any atom is 0.331 e. The molecule has 0 saturated carbocycles. The van der Waals surface area contributed by atoms with Gasteiger partial charge in [-0.25, -0.2) is 9.59 Å². The van der Waals surface area contributed by atoms with Gasteiger partial charge in [-0.05, 0) is 27.7 Å². The number of methoxy groups -OCH3 is 1. The second-order valence-corrected chi connectivity index (χ2v) is 4.40. The Labute approximate surface area is 118 Å². The van der Waals surface area contributed by atoms with E-state index in [9.17, 15) is 14.4 Å². The zero-order valence-electron chi connectivity index (χ0n) is 12.5. The van der Waals surface area contributed by atoms with Crippen molar-refractivity contribution in [3.05, 3.63) is 11.1 Å². The van der Waals surface area contributed by atoms with Gasteiger partial charge in [0.25, 0.3) is 5.91 Å². The Morgan fingerprint density at radius 2 is 1.80 bits per heavy atom. The van der Waals surface area contributed by atoms with Crippen molar-refractivity contribution < 1.29 is 24.2 Å². The van der Waals surface area contributed by atoms with Crippen LogP contribution in [-0.2, 0) is 14.3 Å². The lowest BCUT2D eigenvalue weighted by molar-refractivity contribution is -0.133. The van der Waals surface area contributed by atoms with Crippen LogP contribution in [0.15, 0.2) is 11.1 Å². The summed E-state index contributed by atoms with van der Waals surface area (Å²) < 4.78 is 4.97. The molecule has 0 aliphatic heterocycles. The molecule has 114 valence electrons. The average molecular weight is 286 g/mol. The highest BCUT2D eigenvalue weighted by molar-refractivity contribution is 6.07. The molecule has 0 fully saturated rings. The van der Waals surface area contributed by atoms with E-state index >= 15 is 0 Å². The smallest absolute Gasteiger partial charge is 0.331 e. The van der Waals surface area contributed by atoms with E-state index in [1.165, 1.54) is 25.9 Å². The fourth-order valence-electron chi connectivity index (χ4n) is 1.58. The van der Waals surface area contributed by atoms with Gasteiger partial charge in [0, 0.05) is 24.8 Å². The number of likely N-dealkylation sites (N-methyl/N-ethyl adjacent to an activating group) is 1. The summed E-state index contributed by atoms with van der Waals surface area (Å²) in [6.07, 6.45) is 0. The first kappa shape index (κ1) is 18.1. The van der Waals surface area contributed by atoms with Gasteiger partial charge >= 0.3 is 12.0 Å². The van der Waals surface area contributed by atoms with Crippen LogP contribution in [0.25, 0.3) is 0 Å². The molecule has 0 saturated heterocycles. The van der Waals surface area contributed by atoms with Crippen LogP contribution in [0.5, 0.6) is 0 Å². The van der Waals surface area contributed by atoms with Crippen molar-refractivity contribution in [3.63, 3.8) is 0 Å². The molecule has 3 amide bonds. The molecule has 0 heterocycles. The summed E-state index contributed by atoms with van der Waals surface area (Å²) in [5.41, 5.74) is -0.0930. The number of aliphatic carboxylic acids is 1. The van der Waals surface area contributed by atoms with Gasteiger partial charge < -0.3 is 14.7 Å². The molecule has 2 N–H and O–H groups in total. The molecule has 1 atom stereocenters.